The molecule has 17 heavy (non-hydrogen) atoms. The highest BCUT2D eigenvalue weighted by Gasteiger charge is 2.28. The Kier molecular flexibility index (Phi) is 6.23. The number of urea groups is 1. The van der Waals surface area contributed by atoms with Gasteiger partial charge in [0.2, 0.25) is 6.41 Å². The second-order valence-electron chi connectivity index (χ2n) is 4.37. The zero-order valence-corrected chi connectivity index (χ0v) is 11.1. The smallest absolute Gasteiger partial charge is 0.323 e. The predicted molar refractivity (Wildman–Crippen MR) is 64.3 cm³/mol. The Morgan fingerprint density at radius 1 is 1.29 bits per heavy atom. The Labute approximate surface area is 102 Å². The van der Waals surface area contributed by atoms with Gasteiger partial charge in [-0.25, -0.2) is 4.79 Å². The summed E-state index contributed by atoms with van der Waals surface area (Å²) in [6, 6.07) is -1.09. The molecule has 0 bridgehead atoms. The van der Waals surface area contributed by atoms with Crippen LogP contribution in [0.2, 0.25) is 0 Å². The third kappa shape index (κ3) is 4.42. The number of imide groups is 1. The van der Waals surface area contributed by atoms with Crippen molar-refractivity contribution < 1.29 is 14.4 Å². The highest BCUT2D eigenvalue weighted by atomic mass is 16.2. The molecule has 0 fully saturated rings. The van der Waals surface area contributed by atoms with Gasteiger partial charge < -0.3 is 10.2 Å². The van der Waals surface area contributed by atoms with E-state index in [1.165, 1.54) is 26.0 Å². The maximum absolute atomic E-state index is 12.0. The first-order valence-electron chi connectivity index (χ1n) is 5.51. The highest BCUT2D eigenvalue weighted by molar-refractivity contribution is 5.97. The van der Waals surface area contributed by atoms with Crippen molar-refractivity contribution in [2.24, 2.45) is 5.92 Å². The van der Waals surface area contributed by atoms with Gasteiger partial charge in [0.1, 0.15) is 6.04 Å². The van der Waals surface area contributed by atoms with Crippen molar-refractivity contribution in [3.05, 3.63) is 0 Å². The number of amides is 4. The molecule has 0 aliphatic rings. The second-order valence-corrected chi connectivity index (χ2v) is 4.37. The molecule has 0 saturated heterocycles. The van der Waals surface area contributed by atoms with Crippen LogP contribution < -0.4 is 5.32 Å². The third-order valence-corrected chi connectivity index (χ3v) is 2.49. The number of nitrogens with one attached hydrogen (secondary N) is 1. The quantitative estimate of drug-likeness (QED) is 0.705. The molecular weight excluding hydrogens is 222 g/mol. The fourth-order valence-corrected chi connectivity index (χ4v) is 1.45. The van der Waals surface area contributed by atoms with Crippen LogP contribution in [0, 0.1) is 5.92 Å². The van der Waals surface area contributed by atoms with Gasteiger partial charge >= 0.3 is 6.03 Å². The number of rotatable bonds is 5. The molecule has 6 nitrogen and oxygen atoms in total. The lowest BCUT2D eigenvalue weighted by molar-refractivity contribution is -0.137. The minimum atomic E-state index is -0.602. The van der Waals surface area contributed by atoms with Crippen molar-refractivity contribution in [1.29, 1.82) is 0 Å². The molecule has 98 valence electrons. The summed E-state index contributed by atoms with van der Waals surface area (Å²) in [6.45, 7) is 3.91. The topological polar surface area (TPSA) is 69.7 Å². The van der Waals surface area contributed by atoms with Crippen LogP contribution in [0.15, 0.2) is 0 Å². The van der Waals surface area contributed by atoms with Crippen LogP contribution >= 0.6 is 0 Å². The lowest BCUT2D eigenvalue weighted by atomic mass is 10.0. The maximum atomic E-state index is 12.0. The van der Waals surface area contributed by atoms with Gasteiger partial charge in [0.05, 0.1) is 0 Å². The molecule has 0 spiro atoms. The van der Waals surface area contributed by atoms with Crippen LogP contribution in [0.1, 0.15) is 20.3 Å². The van der Waals surface area contributed by atoms with Crippen LogP contribution in [0.4, 0.5) is 4.79 Å². The molecule has 0 aliphatic heterocycles. The molecule has 0 aromatic rings. The fraction of sp³-hybridized carbons (Fsp3) is 0.727. The van der Waals surface area contributed by atoms with E-state index in [0.717, 1.165) is 4.90 Å². The number of carbonyl (C=O) groups is 3. The molecule has 0 radical (unpaired) electrons. The van der Waals surface area contributed by atoms with Crippen molar-refractivity contribution in [2.45, 2.75) is 26.3 Å². The van der Waals surface area contributed by atoms with E-state index in [9.17, 15) is 14.4 Å². The summed E-state index contributed by atoms with van der Waals surface area (Å²) >= 11 is 0. The fourth-order valence-electron chi connectivity index (χ4n) is 1.45. The molecule has 0 aromatic heterocycles. The van der Waals surface area contributed by atoms with Crippen LogP contribution in [-0.2, 0) is 9.59 Å². The summed E-state index contributed by atoms with van der Waals surface area (Å²) < 4.78 is 0. The van der Waals surface area contributed by atoms with Crippen molar-refractivity contribution >= 4 is 18.3 Å². The Hall–Kier alpha value is -1.59. The maximum Gasteiger partial charge on any atom is 0.323 e. The molecule has 0 unspecified atom stereocenters. The van der Waals surface area contributed by atoms with E-state index in [1.807, 2.05) is 13.8 Å². The first-order valence-corrected chi connectivity index (χ1v) is 5.51. The van der Waals surface area contributed by atoms with Gasteiger partial charge in [0, 0.05) is 21.1 Å². The van der Waals surface area contributed by atoms with E-state index in [2.05, 4.69) is 5.32 Å². The van der Waals surface area contributed by atoms with Crippen molar-refractivity contribution in [2.75, 3.05) is 21.1 Å². The van der Waals surface area contributed by atoms with Crippen molar-refractivity contribution in [3.63, 3.8) is 0 Å². The predicted octanol–water partition coefficient (Wildman–Crippen LogP) is 0.287. The van der Waals surface area contributed by atoms with Crippen molar-refractivity contribution in [1.82, 2.24) is 15.1 Å². The summed E-state index contributed by atoms with van der Waals surface area (Å²) in [6.07, 6.45) is 1.12. The molecule has 0 heterocycles. The molecule has 0 rings (SSSR count). The Bertz CT molecular complexity index is 292. The van der Waals surface area contributed by atoms with Crippen molar-refractivity contribution in [3.8, 4) is 0 Å². The van der Waals surface area contributed by atoms with E-state index in [4.69, 9.17) is 0 Å². The Morgan fingerprint density at radius 2 is 1.82 bits per heavy atom. The van der Waals surface area contributed by atoms with Gasteiger partial charge in [-0.15, -0.1) is 0 Å². The summed E-state index contributed by atoms with van der Waals surface area (Å²) in [5, 5.41) is 2.37. The standard InChI is InChI=1S/C11H21N3O3/c1-8(2)6-9(13(4)7-15)10(16)14(5)11(17)12-3/h7-9H,6H2,1-5H3,(H,12,17)/t9-/m0/s1. The zero-order chi connectivity index (χ0) is 13.6. The van der Waals surface area contributed by atoms with E-state index < -0.39 is 12.1 Å². The van der Waals surface area contributed by atoms with Gasteiger partial charge in [-0.05, 0) is 12.3 Å². The first-order chi connectivity index (χ1) is 7.84. The largest absolute Gasteiger partial charge is 0.341 e. The molecule has 6 heteroatoms. The molecular formula is C11H21N3O3. The Balaban J connectivity index is 4.85. The first kappa shape index (κ1) is 15.4. The lowest BCUT2D eigenvalue weighted by Gasteiger charge is -2.28. The third-order valence-electron chi connectivity index (χ3n) is 2.49. The molecule has 1 N–H and O–H groups in total. The molecule has 1 atom stereocenters. The minimum absolute atomic E-state index is 0.254. The van der Waals surface area contributed by atoms with Gasteiger partial charge in [-0.1, -0.05) is 13.8 Å². The summed E-state index contributed by atoms with van der Waals surface area (Å²) in [5.74, 6) is -0.128. The number of carbonyl (C=O) groups excluding carboxylic acids is 3. The summed E-state index contributed by atoms with van der Waals surface area (Å²) in [5.41, 5.74) is 0. The second kappa shape index (κ2) is 6.88. The number of hydrogen-bond acceptors (Lipinski definition) is 3. The average Bonchev–Trinajstić information content (AvgIpc) is 2.31. The summed E-state index contributed by atoms with van der Waals surface area (Å²) in [4.78, 5) is 36.4. The van der Waals surface area contributed by atoms with E-state index in [-0.39, 0.29) is 11.8 Å². The average molecular weight is 243 g/mol. The Morgan fingerprint density at radius 3 is 2.18 bits per heavy atom. The van der Waals surface area contributed by atoms with Crippen LogP contribution in [0.25, 0.3) is 0 Å². The molecule has 0 aliphatic carbocycles. The SMILES string of the molecule is CNC(=O)N(C)C(=O)[C@H](CC(C)C)N(C)C=O. The number of nitrogens with zero attached hydrogens (tertiary/aromatic N) is 2. The number of hydrogen-bond donors (Lipinski definition) is 1. The van der Waals surface area contributed by atoms with E-state index in [0.29, 0.717) is 12.8 Å². The normalized spacial score (nSPS) is 11.9. The zero-order valence-electron chi connectivity index (χ0n) is 11.1. The highest BCUT2D eigenvalue weighted by Crippen LogP contribution is 2.11. The molecule has 0 saturated carbocycles. The van der Waals surface area contributed by atoms with Gasteiger partial charge in [0.25, 0.3) is 5.91 Å². The van der Waals surface area contributed by atoms with Crippen LogP contribution in [0.5, 0.6) is 0 Å². The number of likely N-dealkylation sites (N-methyl/N-ethyl adjacent to an activating group) is 2. The lowest BCUT2D eigenvalue weighted by Crippen LogP contribution is -2.50. The summed E-state index contributed by atoms with van der Waals surface area (Å²) in [7, 11) is 4.38. The van der Waals surface area contributed by atoms with Crippen LogP contribution in [0.3, 0.4) is 0 Å². The van der Waals surface area contributed by atoms with E-state index in [1.54, 1.807) is 0 Å². The monoisotopic (exact) mass is 243 g/mol. The van der Waals surface area contributed by atoms with Gasteiger partial charge in [-0.2, -0.15) is 0 Å². The molecule has 0 aromatic carbocycles. The minimum Gasteiger partial charge on any atom is -0.341 e. The van der Waals surface area contributed by atoms with E-state index >= 15 is 0 Å². The van der Waals surface area contributed by atoms with Crippen LogP contribution in [-0.4, -0.2) is 55.3 Å². The van der Waals surface area contributed by atoms with Gasteiger partial charge in [-0.3, -0.25) is 14.5 Å². The molecule has 4 amide bonds. The van der Waals surface area contributed by atoms with Gasteiger partial charge in [0.15, 0.2) is 0 Å².